The molecule has 1 atom stereocenters. The van der Waals surface area contributed by atoms with E-state index < -0.39 is 0 Å². The number of aryl methyl sites for hydroxylation is 1. The Morgan fingerprint density at radius 3 is 2.33 bits per heavy atom. The predicted molar refractivity (Wildman–Crippen MR) is 152 cm³/mol. The molecule has 1 saturated carbocycles. The molecule has 0 bridgehead atoms. The van der Waals surface area contributed by atoms with E-state index in [4.69, 9.17) is 23.2 Å². The molecular formula is C28H33Cl2N7O2. The van der Waals surface area contributed by atoms with Crippen LogP contribution >= 0.6 is 23.2 Å². The molecule has 9 nitrogen and oxygen atoms in total. The molecule has 2 aliphatic rings. The Labute approximate surface area is 238 Å². The maximum absolute atomic E-state index is 13.9. The van der Waals surface area contributed by atoms with E-state index in [1.807, 2.05) is 17.0 Å². The molecule has 3 aromatic rings. The number of rotatable bonds is 5. The number of nitrogens with one attached hydrogen (secondary N) is 3. The standard InChI is InChI=1S/C28H33Cl2N7O2/c1-28(2,3)18-6-8-22(9-7-18)37(27(39)31-21-14-19(29)13-20(30)15-21)24-11-5-16-12-17(4-10-23(16)24)25(38)32-26-33-35-36-34-26/h4,10,12-15,18,22,24H,5-9,11H2,1-3H3,(H,31,39)(H2,32,33,34,35,36,38). The highest BCUT2D eigenvalue weighted by atomic mass is 35.5. The summed E-state index contributed by atoms with van der Waals surface area (Å²) < 4.78 is 0. The van der Waals surface area contributed by atoms with Gasteiger partial charge in [0.1, 0.15) is 0 Å². The number of anilines is 2. The van der Waals surface area contributed by atoms with Crippen LogP contribution in [0.2, 0.25) is 10.0 Å². The molecule has 11 heteroatoms. The van der Waals surface area contributed by atoms with E-state index in [1.54, 1.807) is 24.3 Å². The molecule has 1 aromatic heterocycles. The Hall–Kier alpha value is -3.17. The number of benzene rings is 2. The lowest BCUT2D eigenvalue weighted by Crippen LogP contribution is -2.47. The molecule has 206 valence electrons. The second kappa shape index (κ2) is 11.1. The average Bonchev–Trinajstić information content (AvgIpc) is 3.53. The SMILES string of the molecule is CC(C)(C)C1CCC(N(C(=O)Nc2cc(Cl)cc(Cl)c2)C2CCc3cc(C(=O)Nc4nn[nH]n4)ccc32)CC1. The zero-order valence-corrected chi connectivity index (χ0v) is 23.8. The van der Waals surface area contributed by atoms with Crippen LogP contribution in [0.4, 0.5) is 16.4 Å². The normalized spacial score (nSPS) is 20.8. The Morgan fingerprint density at radius 1 is 0.974 bits per heavy atom. The molecule has 2 aromatic carbocycles. The summed E-state index contributed by atoms with van der Waals surface area (Å²) in [5, 5.41) is 20.0. The van der Waals surface area contributed by atoms with Gasteiger partial charge in [0.2, 0.25) is 0 Å². The number of carbonyl (C=O) groups is 2. The minimum atomic E-state index is -0.310. The van der Waals surface area contributed by atoms with Crippen molar-refractivity contribution in [3.05, 3.63) is 63.1 Å². The van der Waals surface area contributed by atoms with Crippen molar-refractivity contribution >= 4 is 46.8 Å². The smallest absolute Gasteiger partial charge is 0.314 e. The van der Waals surface area contributed by atoms with Gasteiger partial charge in [-0.25, -0.2) is 4.79 Å². The first-order valence-corrected chi connectivity index (χ1v) is 14.1. The molecule has 0 radical (unpaired) electrons. The number of aromatic nitrogens is 4. The molecule has 0 saturated heterocycles. The van der Waals surface area contributed by atoms with Gasteiger partial charge in [0.15, 0.2) is 0 Å². The van der Waals surface area contributed by atoms with Crippen LogP contribution in [0.5, 0.6) is 0 Å². The fraction of sp³-hybridized carbons (Fsp3) is 0.464. The van der Waals surface area contributed by atoms with Gasteiger partial charge in [0.05, 0.1) is 6.04 Å². The molecule has 1 fully saturated rings. The lowest BCUT2D eigenvalue weighted by molar-refractivity contribution is 0.0913. The highest BCUT2D eigenvalue weighted by Gasteiger charge is 2.39. The van der Waals surface area contributed by atoms with Crippen LogP contribution in [0, 0.1) is 11.3 Å². The quantitative estimate of drug-likeness (QED) is 0.309. The van der Waals surface area contributed by atoms with E-state index in [1.165, 1.54) is 0 Å². The molecule has 3 N–H and O–H groups in total. The number of halogens is 2. The number of hydrogen-bond donors (Lipinski definition) is 3. The second-order valence-electron chi connectivity index (χ2n) is 11.5. The molecule has 39 heavy (non-hydrogen) atoms. The molecule has 5 rings (SSSR count). The molecule has 3 amide bonds. The highest BCUT2D eigenvalue weighted by molar-refractivity contribution is 6.35. The summed E-state index contributed by atoms with van der Waals surface area (Å²) in [7, 11) is 0. The average molecular weight is 571 g/mol. The number of carbonyl (C=O) groups excluding carboxylic acids is 2. The number of hydrogen-bond acceptors (Lipinski definition) is 5. The van der Waals surface area contributed by atoms with Gasteiger partial charge in [-0.3, -0.25) is 10.1 Å². The Bertz CT molecular complexity index is 1330. The largest absolute Gasteiger partial charge is 0.322 e. The van der Waals surface area contributed by atoms with E-state index in [-0.39, 0.29) is 35.4 Å². The predicted octanol–water partition coefficient (Wildman–Crippen LogP) is 6.89. The van der Waals surface area contributed by atoms with Gasteiger partial charge in [-0.05, 0) is 96.5 Å². The number of tetrazole rings is 1. The number of H-pyrrole nitrogens is 1. The van der Waals surface area contributed by atoms with Crippen LogP contribution in [0.15, 0.2) is 36.4 Å². The lowest BCUT2D eigenvalue weighted by atomic mass is 9.71. The van der Waals surface area contributed by atoms with E-state index in [0.29, 0.717) is 27.2 Å². The van der Waals surface area contributed by atoms with Crippen LogP contribution in [0.1, 0.15) is 80.4 Å². The topological polar surface area (TPSA) is 116 Å². The van der Waals surface area contributed by atoms with Crippen molar-refractivity contribution in [2.24, 2.45) is 11.3 Å². The minimum Gasteiger partial charge on any atom is -0.314 e. The summed E-state index contributed by atoms with van der Waals surface area (Å²) in [6.45, 7) is 6.89. The van der Waals surface area contributed by atoms with E-state index >= 15 is 0 Å². The van der Waals surface area contributed by atoms with Crippen molar-refractivity contribution in [3.63, 3.8) is 0 Å². The summed E-state index contributed by atoms with van der Waals surface area (Å²) in [6.07, 6.45) is 5.61. The minimum absolute atomic E-state index is 0.0971. The van der Waals surface area contributed by atoms with Gasteiger partial charge in [0.25, 0.3) is 11.9 Å². The molecule has 1 heterocycles. The fourth-order valence-corrected chi connectivity index (χ4v) is 6.54. The van der Waals surface area contributed by atoms with Crippen LogP contribution in [0.3, 0.4) is 0 Å². The van der Waals surface area contributed by atoms with Crippen LogP contribution in [0.25, 0.3) is 0 Å². The number of urea groups is 1. The van der Waals surface area contributed by atoms with Crippen molar-refractivity contribution in [2.45, 2.75) is 71.4 Å². The number of aromatic amines is 1. The first kappa shape index (κ1) is 27.4. The third-order valence-electron chi connectivity index (χ3n) is 8.02. The summed E-state index contributed by atoms with van der Waals surface area (Å²) in [5.41, 5.74) is 3.46. The third kappa shape index (κ3) is 6.20. The molecule has 2 aliphatic carbocycles. The van der Waals surface area contributed by atoms with Crippen molar-refractivity contribution in [1.29, 1.82) is 0 Å². The molecule has 0 aliphatic heterocycles. The van der Waals surface area contributed by atoms with E-state index in [0.717, 1.165) is 49.7 Å². The third-order valence-corrected chi connectivity index (χ3v) is 8.46. The van der Waals surface area contributed by atoms with Gasteiger partial charge in [-0.1, -0.05) is 55.1 Å². The number of nitrogens with zero attached hydrogens (tertiary/aromatic N) is 4. The zero-order chi connectivity index (χ0) is 27.7. The summed E-state index contributed by atoms with van der Waals surface area (Å²) >= 11 is 12.4. The van der Waals surface area contributed by atoms with Crippen molar-refractivity contribution in [3.8, 4) is 0 Å². The maximum atomic E-state index is 13.9. The van der Waals surface area contributed by atoms with Gasteiger partial charge < -0.3 is 10.2 Å². The van der Waals surface area contributed by atoms with Gasteiger partial charge in [-0.15, -0.1) is 5.10 Å². The van der Waals surface area contributed by atoms with Crippen molar-refractivity contribution in [2.75, 3.05) is 10.6 Å². The summed E-state index contributed by atoms with van der Waals surface area (Å²) in [6, 6.07) is 10.6. The monoisotopic (exact) mass is 569 g/mol. The molecule has 1 unspecified atom stereocenters. The Morgan fingerprint density at radius 2 is 1.69 bits per heavy atom. The fourth-order valence-electron chi connectivity index (χ4n) is 6.01. The maximum Gasteiger partial charge on any atom is 0.322 e. The number of fused-ring (bicyclic) bond motifs is 1. The first-order chi connectivity index (χ1) is 18.6. The van der Waals surface area contributed by atoms with Gasteiger partial charge in [0, 0.05) is 27.3 Å². The van der Waals surface area contributed by atoms with Crippen LogP contribution in [-0.2, 0) is 6.42 Å². The second-order valence-corrected chi connectivity index (χ2v) is 12.4. The molecular weight excluding hydrogens is 537 g/mol. The van der Waals surface area contributed by atoms with Crippen molar-refractivity contribution in [1.82, 2.24) is 25.5 Å². The van der Waals surface area contributed by atoms with Crippen molar-refractivity contribution < 1.29 is 9.59 Å². The highest BCUT2D eigenvalue weighted by Crippen LogP contribution is 2.44. The van der Waals surface area contributed by atoms with Crippen LogP contribution < -0.4 is 10.6 Å². The van der Waals surface area contributed by atoms with E-state index in [9.17, 15) is 9.59 Å². The van der Waals surface area contributed by atoms with Crippen LogP contribution in [-0.4, -0.2) is 43.5 Å². The lowest BCUT2D eigenvalue weighted by Gasteiger charge is -2.43. The van der Waals surface area contributed by atoms with Gasteiger partial charge >= 0.3 is 6.03 Å². The summed E-state index contributed by atoms with van der Waals surface area (Å²) in [5.74, 6) is 0.435. The van der Waals surface area contributed by atoms with E-state index in [2.05, 4.69) is 52.0 Å². The van der Waals surface area contributed by atoms with Gasteiger partial charge in [-0.2, -0.15) is 5.21 Å². The zero-order valence-electron chi connectivity index (χ0n) is 22.3. The first-order valence-electron chi connectivity index (χ1n) is 13.3. The Balaban J connectivity index is 1.40. The summed E-state index contributed by atoms with van der Waals surface area (Å²) in [4.78, 5) is 28.7. The Kier molecular flexibility index (Phi) is 7.82. The molecule has 0 spiro atoms. The number of amides is 3.